The number of aliphatic carboxylic acids is 1. The Morgan fingerprint density at radius 1 is 1.33 bits per heavy atom. The molecule has 0 amide bonds. The Morgan fingerprint density at radius 2 is 2.04 bits per heavy atom. The predicted molar refractivity (Wildman–Crippen MR) is 95.8 cm³/mol. The first kappa shape index (κ1) is 17.1. The van der Waals surface area contributed by atoms with Crippen molar-refractivity contribution in [1.82, 2.24) is 0 Å². The number of benzene rings is 1. The molecule has 2 aliphatic rings. The zero-order chi connectivity index (χ0) is 17.6. The summed E-state index contributed by atoms with van der Waals surface area (Å²) in [4.78, 5) is 11.5. The fourth-order valence-corrected chi connectivity index (χ4v) is 4.89. The van der Waals surface area contributed by atoms with E-state index in [9.17, 15) is 9.90 Å². The summed E-state index contributed by atoms with van der Waals surface area (Å²) in [5.41, 5.74) is 5.78. The topological polar surface area (TPSA) is 46.5 Å². The summed E-state index contributed by atoms with van der Waals surface area (Å²) >= 11 is 0. The lowest BCUT2D eigenvalue weighted by molar-refractivity contribution is -0.133. The van der Waals surface area contributed by atoms with Gasteiger partial charge in [-0.05, 0) is 72.6 Å². The number of carboxylic acids is 1. The molecule has 0 saturated heterocycles. The summed E-state index contributed by atoms with van der Waals surface area (Å²) in [5, 5.41) is 9.48. The molecule has 1 N–H and O–H groups in total. The number of rotatable bonds is 3. The molecule has 0 unspecified atom stereocenters. The van der Waals surface area contributed by atoms with Crippen molar-refractivity contribution in [3.05, 3.63) is 40.0 Å². The highest BCUT2D eigenvalue weighted by molar-refractivity contribution is 5.88. The third-order valence-corrected chi connectivity index (χ3v) is 6.32. The number of carbonyl (C=O) groups is 1. The van der Waals surface area contributed by atoms with Gasteiger partial charge in [0.05, 0.1) is 7.11 Å². The van der Waals surface area contributed by atoms with Gasteiger partial charge in [0.15, 0.2) is 0 Å². The number of ether oxygens (including phenoxy) is 1. The fourth-order valence-electron chi connectivity index (χ4n) is 4.89. The molecule has 0 aromatic heterocycles. The first-order chi connectivity index (χ1) is 11.3. The molecule has 2 aliphatic carbocycles. The molecular formula is C21H28O3. The molecule has 2 atom stereocenters. The third-order valence-electron chi connectivity index (χ3n) is 6.32. The van der Waals surface area contributed by atoms with Crippen LogP contribution in [0.2, 0.25) is 0 Å². The predicted octanol–water partition coefficient (Wildman–Crippen LogP) is 4.83. The van der Waals surface area contributed by atoms with Gasteiger partial charge in [0.25, 0.3) is 0 Å². The van der Waals surface area contributed by atoms with E-state index < -0.39 is 5.97 Å². The molecule has 0 spiro atoms. The maximum absolute atomic E-state index is 11.5. The molecule has 0 fully saturated rings. The number of carboxylic acid groups (broad SMARTS) is 1. The zero-order valence-electron chi connectivity index (χ0n) is 15.4. The normalized spacial score (nSPS) is 26.2. The van der Waals surface area contributed by atoms with Crippen LogP contribution in [0.1, 0.15) is 69.6 Å². The van der Waals surface area contributed by atoms with Gasteiger partial charge in [-0.25, -0.2) is 4.79 Å². The van der Waals surface area contributed by atoms with Crippen LogP contribution in [0.5, 0.6) is 5.75 Å². The molecule has 1 aromatic rings. The molecule has 0 saturated carbocycles. The summed E-state index contributed by atoms with van der Waals surface area (Å²) in [5.74, 6) is 0.978. The molecule has 130 valence electrons. The van der Waals surface area contributed by atoms with E-state index in [2.05, 4.69) is 32.9 Å². The second-order valence-corrected chi connectivity index (χ2v) is 7.88. The summed E-state index contributed by atoms with van der Waals surface area (Å²) in [6.07, 6.45) is 3.61. The minimum absolute atomic E-state index is 0.0133. The molecule has 3 heteroatoms. The van der Waals surface area contributed by atoms with E-state index in [1.165, 1.54) is 16.7 Å². The maximum Gasteiger partial charge on any atom is 0.331 e. The van der Waals surface area contributed by atoms with E-state index in [1.807, 2.05) is 6.92 Å². The highest BCUT2D eigenvalue weighted by atomic mass is 16.5. The number of hydrogen-bond donors (Lipinski definition) is 1. The monoisotopic (exact) mass is 328 g/mol. The minimum atomic E-state index is -0.743. The van der Waals surface area contributed by atoms with Crippen LogP contribution in [0, 0.1) is 5.92 Å². The Bertz CT molecular complexity index is 714. The Labute approximate surface area is 144 Å². The first-order valence-corrected chi connectivity index (χ1v) is 8.93. The van der Waals surface area contributed by atoms with E-state index in [0.29, 0.717) is 23.8 Å². The van der Waals surface area contributed by atoms with Gasteiger partial charge < -0.3 is 9.84 Å². The minimum Gasteiger partial charge on any atom is -0.496 e. The first-order valence-electron chi connectivity index (χ1n) is 8.93. The van der Waals surface area contributed by atoms with E-state index >= 15 is 0 Å². The van der Waals surface area contributed by atoms with E-state index in [1.54, 1.807) is 7.11 Å². The largest absolute Gasteiger partial charge is 0.496 e. The van der Waals surface area contributed by atoms with Gasteiger partial charge in [-0.1, -0.05) is 32.4 Å². The van der Waals surface area contributed by atoms with Crippen LogP contribution < -0.4 is 4.74 Å². The molecule has 3 nitrogen and oxygen atoms in total. The molecular weight excluding hydrogens is 300 g/mol. The molecule has 1 aromatic carbocycles. The second kappa shape index (κ2) is 5.94. The van der Waals surface area contributed by atoms with Crippen molar-refractivity contribution in [1.29, 1.82) is 0 Å². The van der Waals surface area contributed by atoms with Crippen molar-refractivity contribution >= 4 is 5.97 Å². The smallest absolute Gasteiger partial charge is 0.331 e. The van der Waals surface area contributed by atoms with Crippen molar-refractivity contribution in [2.24, 2.45) is 5.92 Å². The van der Waals surface area contributed by atoms with E-state index in [-0.39, 0.29) is 5.41 Å². The highest BCUT2D eigenvalue weighted by Gasteiger charge is 2.45. The molecule has 0 heterocycles. The molecule has 3 rings (SSSR count). The van der Waals surface area contributed by atoms with Gasteiger partial charge in [-0.3, -0.25) is 0 Å². The number of fused-ring (bicyclic) bond motifs is 3. The van der Waals surface area contributed by atoms with Crippen LogP contribution in [0.3, 0.4) is 0 Å². The molecule has 0 bridgehead atoms. The number of allylic oxidation sites excluding steroid dienone is 1. The Morgan fingerprint density at radius 3 is 2.62 bits per heavy atom. The van der Waals surface area contributed by atoms with Crippen LogP contribution in [0.25, 0.3) is 0 Å². The summed E-state index contributed by atoms with van der Waals surface area (Å²) in [6.45, 7) is 8.73. The third kappa shape index (κ3) is 2.45. The lowest BCUT2D eigenvalue weighted by Crippen LogP contribution is -2.41. The van der Waals surface area contributed by atoms with E-state index in [4.69, 9.17) is 4.74 Å². The van der Waals surface area contributed by atoms with Crippen molar-refractivity contribution in [3.8, 4) is 5.75 Å². The van der Waals surface area contributed by atoms with Crippen molar-refractivity contribution in [3.63, 3.8) is 0 Å². The maximum atomic E-state index is 11.5. The lowest BCUT2D eigenvalue weighted by Gasteiger charge is -2.47. The van der Waals surface area contributed by atoms with Crippen molar-refractivity contribution in [2.75, 3.05) is 7.11 Å². The summed E-state index contributed by atoms with van der Waals surface area (Å²) in [7, 11) is 1.74. The molecule has 0 aliphatic heterocycles. The lowest BCUT2D eigenvalue weighted by atomic mass is 9.56. The van der Waals surface area contributed by atoms with Gasteiger partial charge >= 0.3 is 5.97 Å². The van der Waals surface area contributed by atoms with Crippen molar-refractivity contribution in [2.45, 2.75) is 64.7 Å². The summed E-state index contributed by atoms with van der Waals surface area (Å²) in [6, 6.07) is 4.56. The Kier molecular flexibility index (Phi) is 4.23. The van der Waals surface area contributed by atoms with Crippen molar-refractivity contribution < 1.29 is 14.6 Å². The standard InChI is InChI=1S/C21H28O3/c1-12(2)16-10-14-6-7-17-13(3)15(20(22)23)8-9-21(17,4)18(14)11-19(16)24-5/h10-12,17H,6-9H2,1-5H3,(H,22,23)/t17-,21-/m0/s1. The number of aryl methyl sites for hydroxylation is 1. The average molecular weight is 328 g/mol. The van der Waals surface area contributed by atoms with Crippen LogP contribution in [0.15, 0.2) is 23.3 Å². The highest BCUT2D eigenvalue weighted by Crippen LogP contribution is 2.53. The second-order valence-electron chi connectivity index (χ2n) is 7.88. The number of methoxy groups -OCH3 is 1. The van der Waals surface area contributed by atoms with Crippen LogP contribution in [-0.4, -0.2) is 18.2 Å². The van der Waals surface area contributed by atoms with Crippen LogP contribution in [0.4, 0.5) is 0 Å². The van der Waals surface area contributed by atoms with Crippen LogP contribution in [-0.2, 0) is 16.6 Å². The van der Waals surface area contributed by atoms with Crippen LogP contribution >= 0.6 is 0 Å². The van der Waals surface area contributed by atoms with Gasteiger partial charge in [0.1, 0.15) is 5.75 Å². The quantitative estimate of drug-likeness (QED) is 0.864. The average Bonchev–Trinajstić information content (AvgIpc) is 2.53. The SMILES string of the molecule is COc1cc2c(cc1C(C)C)CC[C@H]1C(C)=C(C(=O)O)CC[C@]21C. The Balaban J connectivity index is 2.13. The number of hydrogen-bond acceptors (Lipinski definition) is 2. The van der Waals surface area contributed by atoms with Gasteiger partial charge in [-0.15, -0.1) is 0 Å². The van der Waals surface area contributed by atoms with Gasteiger partial charge in [0, 0.05) is 5.57 Å². The fraction of sp³-hybridized carbons (Fsp3) is 0.571. The zero-order valence-corrected chi connectivity index (χ0v) is 15.4. The summed E-state index contributed by atoms with van der Waals surface area (Å²) < 4.78 is 5.68. The molecule has 0 radical (unpaired) electrons. The van der Waals surface area contributed by atoms with Gasteiger partial charge in [0.2, 0.25) is 0 Å². The molecule has 24 heavy (non-hydrogen) atoms. The van der Waals surface area contributed by atoms with Gasteiger partial charge in [-0.2, -0.15) is 0 Å². The van der Waals surface area contributed by atoms with E-state index in [0.717, 1.165) is 30.6 Å². The Hall–Kier alpha value is -1.77.